The van der Waals surface area contributed by atoms with Crippen molar-refractivity contribution in [1.29, 1.82) is 0 Å². The number of piperidine rings is 1. The van der Waals surface area contributed by atoms with E-state index in [1.54, 1.807) is 5.56 Å². The third-order valence-corrected chi connectivity index (χ3v) is 7.11. The third-order valence-electron chi connectivity index (χ3n) is 7.11. The molecule has 1 aliphatic rings. The van der Waals surface area contributed by atoms with Gasteiger partial charge in [-0.25, -0.2) is 0 Å². The van der Waals surface area contributed by atoms with Crippen LogP contribution in [-0.2, 0) is 6.54 Å². The number of rotatable bonds is 17. The minimum absolute atomic E-state index is 0. The van der Waals surface area contributed by atoms with Crippen LogP contribution in [0.5, 0.6) is 0 Å². The summed E-state index contributed by atoms with van der Waals surface area (Å²) in [6, 6.07) is 11.2. The summed E-state index contributed by atoms with van der Waals surface area (Å²) in [5, 5.41) is 0. The minimum atomic E-state index is 0. The van der Waals surface area contributed by atoms with Crippen molar-refractivity contribution >= 4 is 0 Å². The Morgan fingerprint density at radius 2 is 1.07 bits per heavy atom. The number of likely N-dealkylation sites (tertiary alicyclic amines) is 1. The highest BCUT2D eigenvalue weighted by Crippen LogP contribution is 2.24. The summed E-state index contributed by atoms with van der Waals surface area (Å²) in [6.45, 7) is 7.80. The minimum Gasteiger partial charge on any atom is -1.00 e. The van der Waals surface area contributed by atoms with Gasteiger partial charge in [-0.1, -0.05) is 114 Å². The maximum absolute atomic E-state index is 2.33. The lowest BCUT2D eigenvalue weighted by atomic mass is 10.0. The van der Waals surface area contributed by atoms with Crippen molar-refractivity contribution in [2.75, 3.05) is 19.6 Å². The summed E-state index contributed by atoms with van der Waals surface area (Å²) in [5.74, 6) is 0. The van der Waals surface area contributed by atoms with Gasteiger partial charge in [0.25, 0.3) is 0 Å². The van der Waals surface area contributed by atoms with E-state index in [2.05, 4.69) is 37.3 Å². The molecule has 0 bridgehead atoms. The summed E-state index contributed by atoms with van der Waals surface area (Å²) < 4.78 is 1.36. The molecule has 2 rings (SSSR count). The molecule has 0 atom stereocenters. The van der Waals surface area contributed by atoms with Gasteiger partial charge in [0.15, 0.2) is 0 Å². The topological polar surface area (TPSA) is 0 Å². The van der Waals surface area contributed by atoms with Crippen LogP contribution >= 0.6 is 0 Å². The molecule has 0 unspecified atom stereocenters. The first-order valence-electron chi connectivity index (χ1n) is 13.2. The fourth-order valence-electron chi connectivity index (χ4n) is 5.26. The van der Waals surface area contributed by atoms with Crippen LogP contribution in [-0.4, -0.2) is 24.1 Å². The standard InChI is InChI=1S/C28H50N.ClH/c1-2-3-4-5-6-7-8-9-10-11-12-13-14-19-24-29(25-20-16-21-26-29)27-28-22-17-15-18-23-28;/h15,17-18,22-23H,2-14,16,19-21,24-27H2,1H3;1H/q+1;/p-1. The van der Waals surface area contributed by atoms with Crippen molar-refractivity contribution < 1.29 is 16.9 Å². The van der Waals surface area contributed by atoms with Crippen LogP contribution in [0.25, 0.3) is 0 Å². The molecule has 0 aromatic heterocycles. The Kier molecular flexibility index (Phi) is 16.6. The van der Waals surface area contributed by atoms with E-state index in [9.17, 15) is 0 Å². The van der Waals surface area contributed by atoms with Crippen molar-refractivity contribution in [3.05, 3.63) is 35.9 Å². The molecule has 2 heteroatoms. The molecular weight excluding hydrogens is 386 g/mol. The number of hydrogen-bond donors (Lipinski definition) is 0. The van der Waals surface area contributed by atoms with Crippen LogP contribution in [0.15, 0.2) is 30.3 Å². The highest BCUT2D eigenvalue weighted by Gasteiger charge is 2.29. The molecule has 0 saturated carbocycles. The monoisotopic (exact) mass is 435 g/mol. The predicted octanol–water partition coefficient (Wildman–Crippen LogP) is 5.67. The van der Waals surface area contributed by atoms with Crippen LogP contribution in [0.1, 0.15) is 122 Å². The van der Waals surface area contributed by atoms with Crippen LogP contribution < -0.4 is 12.4 Å². The number of hydrogen-bond acceptors (Lipinski definition) is 0. The van der Waals surface area contributed by atoms with Gasteiger partial charge in [-0.05, 0) is 32.1 Å². The fraction of sp³-hybridized carbons (Fsp3) is 0.786. The van der Waals surface area contributed by atoms with E-state index in [-0.39, 0.29) is 12.4 Å². The molecule has 0 N–H and O–H groups in total. The zero-order valence-electron chi connectivity index (χ0n) is 20.1. The molecule has 0 amide bonds. The maximum Gasteiger partial charge on any atom is 0.104 e. The van der Waals surface area contributed by atoms with Crippen molar-refractivity contribution in [2.45, 2.75) is 123 Å². The number of unbranched alkanes of at least 4 members (excludes halogenated alkanes) is 13. The highest BCUT2D eigenvalue weighted by atomic mass is 35.5. The summed E-state index contributed by atoms with van der Waals surface area (Å²) in [7, 11) is 0. The predicted molar refractivity (Wildman–Crippen MR) is 129 cm³/mol. The molecule has 1 aromatic carbocycles. The van der Waals surface area contributed by atoms with Gasteiger partial charge >= 0.3 is 0 Å². The number of benzene rings is 1. The molecule has 0 spiro atoms. The van der Waals surface area contributed by atoms with E-state index in [0.717, 1.165) is 0 Å². The Morgan fingerprint density at radius 3 is 1.57 bits per heavy atom. The van der Waals surface area contributed by atoms with Gasteiger partial charge in [0.05, 0.1) is 19.6 Å². The zero-order valence-corrected chi connectivity index (χ0v) is 20.8. The molecular formula is C28H50ClN. The van der Waals surface area contributed by atoms with Crippen molar-refractivity contribution in [2.24, 2.45) is 0 Å². The van der Waals surface area contributed by atoms with E-state index in [0.29, 0.717) is 0 Å². The average Bonchev–Trinajstić information content (AvgIpc) is 2.75. The Morgan fingerprint density at radius 1 is 0.600 bits per heavy atom. The second kappa shape index (κ2) is 18.1. The highest BCUT2D eigenvalue weighted by molar-refractivity contribution is 5.13. The SMILES string of the molecule is CCCCCCCCCCCCCCCC[N+]1(Cc2ccccc2)CCCCC1.[Cl-]. The quantitative estimate of drug-likeness (QED) is 0.218. The van der Waals surface area contributed by atoms with Gasteiger partial charge in [0.1, 0.15) is 6.54 Å². The van der Waals surface area contributed by atoms with Gasteiger partial charge in [0, 0.05) is 5.56 Å². The van der Waals surface area contributed by atoms with Crippen LogP contribution in [0.2, 0.25) is 0 Å². The molecule has 1 nitrogen and oxygen atoms in total. The van der Waals surface area contributed by atoms with Gasteiger partial charge < -0.3 is 16.9 Å². The second-order valence-electron chi connectivity index (χ2n) is 9.81. The summed E-state index contributed by atoms with van der Waals surface area (Å²) in [6.07, 6.45) is 24.7. The first-order chi connectivity index (χ1) is 14.3. The van der Waals surface area contributed by atoms with Crippen LogP contribution in [0.3, 0.4) is 0 Å². The molecule has 30 heavy (non-hydrogen) atoms. The van der Waals surface area contributed by atoms with Crippen molar-refractivity contribution in [1.82, 2.24) is 0 Å². The van der Waals surface area contributed by atoms with Crippen molar-refractivity contribution in [3.8, 4) is 0 Å². The van der Waals surface area contributed by atoms with Gasteiger partial charge in [0.2, 0.25) is 0 Å². The average molecular weight is 436 g/mol. The van der Waals surface area contributed by atoms with Crippen LogP contribution in [0.4, 0.5) is 0 Å². The first-order valence-corrected chi connectivity index (χ1v) is 13.2. The number of nitrogens with zero attached hydrogens (tertiary/aromatic N) is 1. The summed E-state index contributed by atoms with van der Waals surface area (Å²) in [5.41, 5.74) is 1.54. The lowest BCUT2D eigenvalue weighted by molar-refractivity contribution is -0.945. The molecule has 1 aromatic rings. The zero-order chi connectivity index (χ0) is 20.5. The summed E-state index contributed by atoms with van der Waals surface area (Å²) >= 11 is 0. The number of halogens is 1. The molecule has 0 aliphatic carbocycles. The van der Waals surface area contributed by atoms with E-state index >= 15 is 0 Å². The maximum atomic E-state index is 2.33. The third kappa shape index (κ3) is 12.4. The van der Waals surface area contributed by atoms with E-state index < -0.39 is 0 Å². The molecule has 1 aliphatic heterocycles. The molecule has 1 heterocycles. The van der Waals surface area contributed by atoms with Crippen molar-refractivity contribution in [3.63, 3.8) is 0 Å². The lowest BCUT2D eigenvalue weighted by Gasteiger charge is -2.42. The van der Waals surface area contributed by atoms with Gasteiger partial charge in [-0.15, -0.1) is 0 Å². The van der Waals surface area contributed by atoms with Gasteiger partial charge in [-0.3, -0.25) is 0 Å². The molecule has 174 valence electrons. The molecule has 1 fully saturated rings. The second-order valence-corrected chi connectivity index (χ2v) is 9.81. The molecule has 1 saturated heterocycles. The van der Waals surface area contributed by atoms with Crippen LogP contribution in [0, 0.1) is 0 Å². The number of quaternary nitrogens is 1. The largest absolute Gasteiger partial charge is 1.00 e. The van der Waals surface area contributed by atoms with Gasteiger partial charge in [-0.2, -0.15) is 0 Å². The van der Waals surface area contributed by atoms with E-state index in [4.69, 9.17) is 0 Å². The smallest absolute Gasteiger partial charge is 0.104 e. The first kappa shape index (κ1) is 27.5. The Bertz CT molecular complexity index is 481. The Hall–Kier alpha value is -0.530. The molecule has 0 radical (unpaired) electrons. The van der Waals surface area contributed by atoms with E-state index in [1.807, 2.05) is 0 Å². The Balaban J connectivity index is 0.00000450. The van der Waals surface area contributed by atoms with E-state index in [1.165, 1.54) is 140 Å². The normalized spacial score (nSPS) is 15.6. The fourth-order valence-corrected chi connectivity index (χ4v) is 5.26. The summed E-state index contributed by atoms with van der Waals surface area (Å²) in [4.78, 5) is 0. The lowest BCUT2D eigenvalue weighted by Crippen LogP contribution is -3.00. The Labute approximate surface area is 195 Å².